The topological polar surface area (TPSA) is 38.9 Å². The monoisotopic (exact) mass is 288 g/mol. The molecule has 0 saturated carbocycles. The fraction of sp³-hybridized carbons (Fsp3) is 0.222. The normalized spacial score (nSPS) is 13.0. The molecule has 0 amide bonds. The largest absolute Gasteiger partial charge is 0.323 e. The molecule has 2 aromatic rings. The molecule has 0 saturated heterocycles. The van der Waals surface area contributed by atoms with E-state index in [4.69, 9.17) is 5.73 Å². The summed E-state index contributed by atoms with van der Waals surface area (Å²) in [6, 6.07) is 2.12. The first-order chi connectivity index (χ1) is 6.77. The lowest BCUT2D eigenvalue weighted by Gasteiger charge is -2.07. The molecule has 0 radical (unpaired) electrons. The molecule has 2 aromatic heterocycles. The number of nitrogens with two attached hydrogens (primary N) is 1. The van der Waals surface area contributed by atoms with Gasteiger partial charge in [0.15, 0.2) is 0 Å². The highest BCUT2D eigenvalue weighted by Gasteiger charge is 2.11. The smallest absolute Gasteiger partial charge is 0.0794 e. The molecular weight excluding hydrogens is 280 g/mol. The molecule has 0 fully saturated rings. The van der Waals surface area contributed by atoms with Crippen molar-refractivity contribution in [1.29, 1.82) is 0 Å². The molecule has 2 heterocycles. The van der Waals surface area contributed by atoms with Gasteiger partial charge in [0.25, 0.3) is 0 Å². The third-order valence-electron chi connectivity index (χ3n) is 1.91. The van der Waals surface area contributed by atoms with E-state index in [9.17, 15) is 0 Å². The Bertz CT molecular complexity index is 397. The van der Waals surface area contributed by atoms with Gasteiger partial charge < -0.3 is 5.73 Å². The predicted molar refractivity (Wildman–Crippen MR) is 64.8 cm³/mol. The van der Waals surface area contributed by atoms with Crippen molar-refractivity contribution >= 4 is 38.6 Å². The van der Waals surface area contributed by atoms with Crippen LogP contribution in [0.5, 0.6) is 0 Å². The zero-order valence-electron chi connectivity index (χ0n) is 7.31. The van der Waals surface area contributed by atoms with Crippen LogP contribution >= 0.6 is 38.6 Å². The summed E-state index contributed by atoms with van der Waals surface area (Å²) < 4.78 is 1.16. The van der Waals surface area contributed by atoms with Gasteiger partial charge in [-0.15, -0.1) is 22.7 Å². The van der Waals surface area contributed by atoms with Crippen molar-refractivity contribution in [2.75, 3.05) is 0 Å². The molecule has 2 N–H and O–H groups in total. The molecule has 0 aliphatic carbocycles. The molecule has 0 aromatic carbocycles. The fourth-order valence-electron chi connectivity index (χ4n) is 1.18. The van der Waals surface area contributed by atoms with Crippen LogP contribution in [0.4, 0.5) is 0 Å². The van der Waals surface area contributed by atoms with Gasteiger partial charge in [-0.2, -0.15) is 0 Å². The van der Waals surface area contributed by atoms with Crippen molar-refractivity contribution in [3.8, 4) is 0 Å². The lowest BCUT2D eigenvalue weighted by Crippen LogP contribution is -2.11. The Morgan fingerprint density at radius 3 is 2.93 bits per heavy atom. The van der Waals surface area contributed by atoms with Gasteiger partial charge in [0.2, 0.25) is 0 Å². The summed E-state index contributed by atoms with van der Waals surface area (Å²) >= 11 is 6.85. The van der Waals surface area contributed by atoms with Gasteiger partial charge in [-0.05, 0) is 27.4 Å². The van der Waals surface area contributed by atoms with Crippen LogP contribution in [0.3, 0.4) is 0 Å². The summed E-state index contributed by atoms with van der Waals surface area (Å²) in [5.74, 6) is 0. The number of thiophene rings is 1. The molecule has 2 rings (SSSR count). The summed E-state index contributed by atoms with van der Waals surface area (Å²) in [6.07, 6.45) is 2.72. The SMILES string of the molecule is NC(Cc1sccc1Br)c1cncs1. The Balaban J connectivity index is 2.09. The maximum absolute atomic E-state index is 6.06. The number of hydrogen-bond donors (Lipinski definition) is 1. The second-order valence-corrected chi connectivity index (χ2v) is 5.68. The summed E-state index contributed by atoms with van der Waals surface area (Å²) in [5, 5.41) is 2.07. The van der Waals surface area contributed by atoms with E-state index in [1.807, 2.05) is 11.7 Å². The van der Waals surface area contributed by atoms with E-state index < -0.39 is 0 Å². The van der Waals surface area contributed by atoms with Crippen molar-refractivity contribution in [3.05, 3.63) is 37.4 Å². The Labute approximate surface area is 98.9 Å². The zero-order valence-corrected chi connectivity index (χ0v) is 10.5. The highest BCUT2D eigenvalue weighted by molar-refractivity contribution is 9.10. The van der Waals surface area contributed by atoms with Gasteiger partial charge in [0, 0.05) is 32.9 Å². The molecule has 1 unspecified atom stereocenters. The number of hydrogen-bond acceptors (Lipinski definition) is 4. The molecular formula is C9H9BrN2S2. The van der Waals surface area contributed by atoms with E-state index in [2.05, 4.69) is 32.4 Å². The molecule has 1 atom stereocenters. The van der Waals surface area contributed by atoms with Gasteiger partial charge in [-0.25, -0.2) is 0 Å². The summed E-state index contributed by atoms with van der Waals surface area (Å²) in [4.78, 5) is 6.47. The second kappa shape index (κ2) is 4.53. The first-order valence-electron chi connectivity index (χ1n) is 4.13. The van der Waals surface area contributed by atoms with Crippen LogP contribution in [0.1, 0.15) is 15.8 Å². The van der Waals surface area contributed by atoms with E-state index in [-0.39, 0.29) is 6.04 Å². The summed E-state index contributed by atoms with van der Waals surface area (Å²) in [7, 11) is 0. The van der Waals surface area contributed by atoms with Crippen molar-refractivity contribution in [2.24, 2.45) is 5.73 Å². The molecule has 14 heavy (non-hydrogen) atoms. The third kappa shape index (κ3) is 2.23. The average Bonchev–Trinajstić information content (AvgIpc) is 2.77. The van der Waals surface area contributed by atoms with Crippen LogP contribution in [-0.4, -0.2) is 4.98 Å². The Hall–Kier alpha value is -0.230. The lowest BCUT2D eigenvalue weighted by atomic mass is 10.2. The standard InChI is InChI=1S/C9H9BrN2S2/c10-6-1-2-13-8(6)3-7(11)9-4-12-5-14-9/h1-2,4-5,7H,3,11H2. The fourth-order valence-corrected chi connectivity index (χ4v) is 3.38. The molecule has 5 heteroatoms. The molecule has 2 nitrogen and oxygen atoms in total. The Morgan fingerprint density at radius 1 is 1.50 bits per heavy atom. The quantitative estimate of drug-likeness (QED) is 0.942. The van der Waals surface area contributed by atoms with Crippen LogP contribution in [-0.2, 0) is 6.42 Å². The van der Waals surface area contributed by atoms with E-state index in [0.29, 0.717) is 0 Å². The average molecular weight is 289 g/mol. The van der Waals surface area contributed by atoms with Crippen molar-refractivity contribution in [1.82, 2.24) is 4.98 Å². The van der Waals surface area contributed by atoms with Crippen LogP contribution in [0.2, 0.25) is 0 Å². The van der Waals surface area contributed by atoms with Crippen molar-refractivity contribution < 1.29 is 0 Å². The molecule has 0 bridgehead atoms. The van der Waals surface area contributed by atoms with E-state index in [0.717, 1.165) is 15.8 Å². The highest BCUT2D eigenvalue weighted by atomic mass is 79.9. The molecule has 0 aliphatic rings. The first kappa shape index (κ1) is 10.3. The van der Waals surface area contributed by atoms with Gasteiger partial charge in [0.05, 0.1) is 5.51 Å². The van der Waals surface area contributed by atoms with Gasteiger partial charge in [-0.3, -0.25) is 4.98 Å². The van der Waals surface area contributed by atoms with Gasteiger partial charge in [0.1, 0.15) is 0 Å². The van der Waals surface area contributed by atoms with Crippen LogP contribution in [0, 0.1) is 0 Å². The van der Waals surface area contributed by atoms with Crippen molar-refractivity contribution in [2.45, 2.75) is 12.5 Å². The predicted octanol–water partition coefficient (Wildman–Crippen LogP) is 3.21. The Morgan fingerprint density at radius 2 is 2.36 bits per heavy atom. The zero-order chi connectivity index (χ0) is 9.97. The number of nitrogens with zero attached hydrogens (tertiary/aromatic N) is 1. The number of halogens is 1. The van der Waals surface area contributed by atoms with Crippen LogP contribution in [0.25, 0.3) is 0 Å². The third-order valence-corrected chi connectivity index (χ3v) is 4.77. The maximum atomic E-state index is 6.06. The van der Waals surface area contributed by atoms with E-state index in [1.165, 1.54) is 4.88 Å². The first-order valence-corrected chi connectivity index (χ1v) is 6.68. The minimum atomic E-state index is 0.0671. The number of rotatable bonds is 3. The highest BCUT2D eigenvalue weighted by Crippen LogP contribution is 2.28. The van der Waals surface area contributed by atoms with Gasteiger partial charge >= 0.3 is 0 Å². The second-order valence-electron chi connectivity index (χ2n) is 2.91. The van der Waals surface area contributed by atoms with Crippen molar-refractivity contribution in [3.63, 3.8) is 0 Å². The summed E-state index contributed by atoms with van der Waals surface area (Å²) in [6.45, 7) is 0. The Kier molecular flexibility index (Phi) is 3.33. The maximum Gasteiger partial charge on any atom is 0.0794 e. The van der Waals surface area contributed by atoms with Crippen LogP contribution in [0.15, 0.2) is 27.6 Å². The summed E-state index contributed by atoms with van der Waals surface area (Å²) in [5.41, 5.74) is 7.87. The number of aromatic nitrogens is 1. The minimum absolute atomic E-state index is 0.0671. The lowest BCUT2D eigenvalue weighted by molar-refractivity contribution is 0.741. The van der Waals surface area contributed by atoms with E-state index in [1.54, 1.807) is 22.7 Å². The minimum Gasteiger partial charge on any atom is -0.323 e. The molecule has 0 aliphatic heterocycles. The molecule has 0 spiro atoms. The van der Waals surface area contributed by atoms with Gasteiger partial charge in [-0.1, -0.05) is 0 Å². The number of thiazole rings is 1. The van der Waals surface area contributed by atoms with Crippen LogP contribution < -0.4 is 5.73 Å². The van der Waals surface area contributed by atoms with E-state index >= 15 is 0 Å². The molecule has 74 valence electrons.